The molecular formula is C13H13BrFN3O2. The Morgan fingerprint density at radius 2 is 2.10 bits per heavy atom. The van der Waals surface area contributed by atoms with Crippen LogP contribution < -0.4 is 10.1 Å². The quantitative estimate of drug-likeness (QED) is 0.903. The van der Waals surface area contributed by atoms with Gasteiger partial charge in [0.25, 0.3) is 0 Å². The van der Waals surface area contributed by atoms with Gasteiger partial charge in [-0.25, -0.2) is 9.37 Å². The van der Waals surface area contributed by atoms with Crippen molar-refractivity contribution in [2.45, 2.75) is 6.61 Å². The average molecular weight is 342 g/mol. The summed E-state index contributed by atoms with van der Waals surface area (Å²) >= 11 is 3.09. The van der Waals surface area contributed by atoms with Gasteiger partial charge in [0.1, 0.15) is 24.0 Å². The molecule has 20 heavy (non-hydrogen) atoms. The molecule has 1 aromatic carbocycles. The maximum Gasteiger partial charge on any atom is 0.224 e. The number of anilines is 1. The lowest BCUT2D eigenvalue weighted by atomic mass is 10.3. The zero-order valence-corrected chi connectivity index (χ0v) is 12.6. The Labute approximate surface area is 124 Å². The Bertz CT molecular complexity index is 610. The summed E-state index contributed by atoms with van der Waals surface area (Å²) in [5.74, 6) is 1.35. The maximum atomic E-state index is 13.4. The number of nitrogens with one attached hydrogen (secondary N) is 1. The Morgan fingerprint density at radius 3 is 2.75 bits per heavy atom. The molecule has 0 saturated heterocycles. The van der Waals surface area contributed by atoms with Gasteiger partial charge in [-0.15, -0.1) is 0 Å². The topological polar surface area (TPSA) is 56.3 Å². The van der Waals surface area contributed by atoms with Crippen molar-refractivity contribution in [3.8, 4) is 11.6 Å². The van der Waals surface area contributed by atoms with E-state index >= 15 is 0 Å². The summed E-state index contributed by atoms with van der Waals surface area (Å²) in [5, 5.41) is 2.90. The van der Waals surface area contributed by atoms with Crippen LogP contribution in [-0.2, 0) is 11.3 Å². The largest absolute Gasteiger partial charge is 0.439 e. The third-order valence-electron chi connectivity index (χ3n) is 2.39. The van der Waals surface area contributed by atoms with Crippen LogP contribution in [0.2, 0.25) is 0 Å². The lowest BCUT2D eigenvalue weighted by Crippen LogP contribution is -2.03. The fourth-order valence-electron chi connectivity index (χ4n) is 1.51. The van der Waals surface area contributed by atoms with Gasteiger partial charge in [-0.05, 0) is 28.1 Å². The van der Waals surface area contributed by atoms with Gasteiger partial charge in [-0.3, -0.25) is 0 Å². The van der Waals surface area contributed by atoms with Crippen molar-refractivity contribution in [2.24, 2.45) is 0 Å². The zero-order chi connectivity index (χ0) is 14.5. The van der Waals surface area contributed by atoms with Gasteiger partial charge in [0.05, 0.1) is 4.47 Å². The van der Waals surface area contributed by atoms with Gasteiger partial charge in [-0.2, -0.15) is 4.98 Å². The molecule has 1 aromatic heterocycles. The highest BCUT2D eigenvalue weighted by Crippen LogP contribution is 2.25. The molecule has 0 aliphatic carbocycles. The first kappa shape index (κ1) is 14.7. The van der Waals surface area contributed by atoms with Gasteiger partial charge in [0.15, 0.2) is 5.82 Å². The van der Waals surface area contributed by atoms with Crippen LogP contribution in [0.25, 0.3) is 0 Å². The van der Waals surface area contributed by atoms with Crippen molar-refractivity contribution in [1.82, 2.24) is 9.97 Å². The summed E-state index contributed by atoms with van der Waals surface area (Å²) in [6, 6.07) is 6.12. The van der Waals surface area contributed by atoms with E-state index in [1.807, 2.05) is 0 Å². The minimum absolute atomic E-state index is 0.264. The Morgan fingerprint density at radius 1 is 1.30 bits per heavy atom. The molecule has 0 fully saturated rings. The molecular weight excluding hydrogens is 329 g/mol. The summed E-state index contributed by atoms with van der Waals surface area (Å²) in [6.45, 7) is 0.264. The standard InChI is InChI=1S/C13H13BrFN3O2/c1-16-11-6-13(18-12(17-11)7-19-2)20-8-3-4-9(14)10(15)5-8/h3-6H,7H2,1-2H3,(H,16,17,18). The number of hydrogen-bond acceptors (Lipinski definition) is 5. The number of nitrogens with zero attached hydrogens (tertiary/aromatic N) is 2. The van der Waals surface area contributed by atoms with E-state index in [2.05, 4.69) is 31.2 Å². The summed E-state index contributed by atoms with van der Waals surface area (Å²) < 4.78 is 24.3. The second-order valence-corrected chi connectivity index (χ2v) is 4.72. The van der Waals surface area contributed by atoms with Crippen LogP contribution in [0.4, 0.5) is 10.2 Å². The molecule has 1 N–H and O–H groups in total. The fraction of sp³-hybridized carbons (Fsp3) is 0.231. The third-order valence-corrected chi connectivity index (χ3v) is 3.04. The molecule has 0 unspecified atom stereocenters. The number of ether oxygens (including phenoxy) is 2. The van der Waals surface area contributed by atoms with E-state index in [9.17, 15) is 4.39 Å². The van der Waals surface area contributed by atoms with Crippen LogP contribution >= 0.6 is 15.9 Å². The minimum Gasteiger partial charge on any atom is -0.439 e. The van der Waals surface area contributed by atoms with E-state index in [4.69, 9.17) is 9.47 Å². The first-order chi connectivity index (χ1) is 9.62. The Balaban J connectivity index is 2.27. The summed E-state index contributed by atoms with van der Waals surface area (Å²) in [4.78, 5) is 8.39. The lowest BCUT2D eigenvalue weighted by molar-refractivity contribution is 0.177. The number of aromatic nitrogens is 2. The minimum atomic E-state index is -0.400. The SMILES string of the molecule is CNc1cc(Oc2ccc(Br)c(F)c2)nc(COC)n1. The van der Waals surface area contributed by atoms with Crippen molar-refractivity contribution in [3.63, 3.8) is 0 Å². The number of methoxy groups -OCH3 is 1. The highest BCUT2D eigenvalue weighted by atomic mass is 79.9. The van der Waals surface area contributed by atoms with Crippen molar-refractivity contribution < 1.29 is 13.9 Å². The second-order valence-electron chi connectivity index (χ2n) is 3.87. The van der Waals surface area contributed by atoms with Crippen LogP contribution in [0.3, 0.4) is 0 Å². The van der Waals surface area contributed by atoms with E-state index < -0.39 is 5.82 Å². The molecule has 0 radical (unpaired) electrons. The van der Waals surface area contributed by atoms with Crippen molar-refractivity contribution in [3.05, 3.63) is 40.4 Å². The summed E-state index contributed by atoms with van der Waals surface area (Å²) in [6.07, 6.45) is 0. The van der Waals surface area contributed by atoms with Gasteiger partial charge in [-0.1, -0.05) is 0 Å². The van der Waals surface area contributed by atoms with E-state index in [0.29, 0.717) is 27.7 Å². The van der Waals surface area contributed by atoms with Crippen molar-refractivity contribution in [1.29, 1.82) is 0 Å². The first-order valence-electron chi connectivity index (χ1n) is 5.80. The van der Waals surface area contributed by atoms with Crippen LogP contribution in [0.15, 0.2) is 28.7 Å². The van der Waals surface area contributed by atoms with Gasteiger partial charge in [0, 0.05) is 26.3 Å². The molecule has 5 nitrogen and oxygen atoms in total. The van der Waals surface area contributed by atoms with Crippen molar-refractivity contribution >= 4 is 21.7 Å². The number of rotatable bonds is 5. The van der Waals surface area contributed by atoms with Crippen LogP contribution in [0, 0.1) is 5.82 Å². The summed E-state index contributed by atoms with van der Waals surface area (Å²) in [7, 11) is 3.29. The smallest absolute Gasteiger partial charge is 0.224 e. The second kappa shape index (κ2) is 6.62. The van der Waals surface area contributed by atoms with E-state index in [-0.39, 0.29) is 6.61 Å². The van der Waals surface area contributed by atoms with Gasteiger partial charge >= 0.3 is 0 Å². The molecule has 0 saturated carbocycles. The first-order valence-corrected chi connectivity index (χ1v) is 6.59. The predicted octanol–water partition coefficient (Wildman–Crippen LogP) is 3.36. The van der Waals surface area contributed by atoms with Gasteiger partial charge in [0.2, 0.25) is 5.88 Å². The summed E-state index contributed by atoms with van der Waals surface area (Å²) in [5.41, 5.74) is 0. The Hall–Kier alpha value is -1.73. The normalized spacial score (nSPS) is 10.4. The Kier molecular flexibility index (Phi) is 4.86. The maximum absolute atomic E-state index is 13.4. The molecule has 2 rings (SSSR count). The molecule has 0 amide bonds. The molecule has 106 valence electrons. The lowest BCUT2D eigenvalue weighted by Gasteiger charge is -2.09. The monoisotopic (exact) mass is 341 g/mol. The highest BCUT2D eigenvalue weighted by Gasteiger charge is 2.07. The molecule has 0 atom stereocenters. The van der Waals surface area contributed by atoms with Crippen LogP contribution in [-0.4, -0.2) is 24.1 Å². The molecule has 0 aliphatic rings. The molecule has 0 aliphatic heterocycles. The fourth-order valence-corrected chi connectivity index (χ4v) is 1.75. The van der Waals surface area contributed by atoms with Crippen LogP contribution in [0.1, 0.15) is 5.82 Å². The van der Waals surface area contributed by atoms with E-state index in [1.54, 1.807) is 32.4 Å². The van der Waals surface area contributed by atoms with E-state index in [0.717, 1.165) is 0 Å². The highest BCUT2D eigenvalue weighted by molar-refractivity contribution is 9.10. The zero-order valence-electron chi connectivity index (χ0n) is 11.0. The number of halogens is 2. The third kappa shape index (κ3) is 3.64. The van der Waals surface area contributed by atoms with Crippen molar-refractivity contribution in [2.75, 3.05) is 19.5 Å². The molecule has 2 aromatic rings. The molecule has 0 bridgehead atoms. The average Bonchev–Trinajstić information content (AvgIpc) is 2.43. The molecule has 1 heterocycles. The molecule has 0 spiro atoms. The number of benzene rings is 1. The molecule has 7 heteroatoms. The van der Waals surface area contributed by atoms with E-state index in [1.165, 1.54) is 6.07 Å². The van der Waals surface area contributed by atoms with Crippen LogP contribution in [0.5, 0.6) is 11.6 Å². The predicted molar refractivity (Wildman–Crippen MR) is 76.5 cm³/mol. The van der Waals surface area contributed by atoms with Gasteiger partial charge < -0.3 is 14.8 Å². The number of hydrogen-bond donors (Lipinski definition) is 1.